The zero-order chi connectivity index (χ0) is 12.8. The van der Waals surface area contributed by atoms with Crippen molar-refractivity contribution in [2.24, 2.45) is 5.73 Å². The first-order chi connectivity index (χ1) is 8.78. The van der Waals surface area contributed by atoms with Gasteiger partial charge in [-0.15, -0.1) is 0 Å². The van der Waals surface area contributed by atoms with Crippen LogP contribution in [0.3, 0.4) is 0 Å². The summed E-state index contributed by atoms with van der Waals surface area (Å²) in [5, 5.41) is 3.92. The molecule has 0 bridgehead atoms. The van der Waals surface area contributed by atoms with Crippen LogP contribution >= 0.6 is 0 Å². The van der Waals surface area contributed by atoms with Crippen molar-refractivity contribution >= 4 is 0 Å². The molecule has 0 radical (unpaired) electrons. The number of ether oxygens (including phenoxy) is 1. The minimum absolute atomic E-state index is 0.121. The maximum Gasteiger partial charge on any atom is 0.228 e. The van der Waals surface area contributed by atoms with Crippen molar-refractivity contribution in [3.63, 3.8) is 0 Å². The topological polar surface area (TPSA) is 87.1 Å². The van der Waals surface area contributed by atoms with Gasteiger partial charge in [-0.3, -0.25) is 4.98 Å². The molecule has 0 aliphatic heterocycles. The monoisotopic (exact) mass is 248 g/mol. The molecule has 0 aromatic carbocycles. The molecular weight excluding hydrogens is 232 g/mol. The Morgan fingerprint density at radius 2 is 2.17 bits per heavy atom. The van der Waals surface area contributed by atoms with E-state index >= 15 is 0 Å². The molecule has 0 saturated heterocycles. The molecule has 6 heteroatoms. The fourth-order valence-corrected chi connectivity index (χ4v) is 1.63. The third kappa shape index (κ3) is 3.61. The van der Waals surface area contributed by atoms with Crippen molar-refractivity contribution in [1.82, 2.24) is 15.1 Å². The maximum absolute atomic E-state index is 5.82. The molecular formula is C12H16N4O2. The van der Waals surface area contributed by atoms with Gasteiger partial charge in [0.1, 0.15) is 0 Å². The van der Waals surface area contributed by atoms with Crippen LogP contribution in [0, 0.1) is 0 Å². The summed E-state index contributed by atoms with van der Waals surface area (Å²) in [6, 6.07) is 3.73. The summed E-state index contributed by atoms with van der Waals surface area (Å²) in [6.07, 6.45) is 4.64. The number of aromatic nitrogens is 3. The van der Waals surface area contributed by atoms with E-state index < -0.39 is 0 Å². The summed E-state index contributed by atoms with van der Waals surface area (Å²) in [7, 11) is 1.61. The number of nitrogens with two attached hydrogens (primary N) is 1. The van der Waals surface area contributed by atoms with Gasteiger partial charge in [0.05, 0.1) is 6.61 Å². The van der Waals surface area contributed by atoms with Gasteiger partial charge in [0.15, 0.2) is 5.82 Å². The molecule has 0 spiro atoms. The SMILES string of the molecule is COCC(N)Cc1nc(Cc2ccncc2)no1. The van der Waals surface area contributed by atoms with E-state index in [2.05, 4.69) is 15.1 Å². The van der Waals surface area contributed by atoms with E-state index in [1.54, 1.807) is 19.5 Å². The van der Waals surface area contributed by atoms with Crippen molar-refractivity contribution in [3.8, 4) is 0 Å². The average Bonchev–Trinajstić information content (AvgIpc) is 2.78. The zero-order valence-corrected chi connectivity index (χ0v) is 10.2. The van der Waals surface area contributed by atoms with E-state index in [0.717, 1.165) is 5.56 Å². The summed E-state index contributed by atoms with van der Waals surface area (Å²) < 4.78 is 10.1. The van der Waals surface area contributed by atoms with Crippen LogP contribution in [-0.4, -0.2) is 34.9 Å². The standard InChI is InChI=1S/C12H16N4O2/c1-17-8-10(13)7-12-15-11(16-18-12)6-9-2-4-14-5-3-9/h2-5,10H,6-8,13H2,1H3. The molecule has 96 valence electrons. The molecule has 18 heavy (non-hydrogen) atoms. The van der Waals surface area contributed by atoms with Crippen molar-refractivity contribution in [2.75, 3.05) is 13.7 Å². The Labute approximate surface area is 105 Å². The second-order valence-electron chi connectivity index (χ2n) is 4.06. The first kappa shape index (κ1) is 12.7. The molecule has 2 N–H and O–H groups in total. The summed E-state index contributed by atoms with van der Waals surface area (Å²) in [5.41, 5.74) is 6.91. The fraction of sp³-hybridized carbons (Fsp3) is 0.417. The Balaban J connectivity index is 1.94. The largest absolute Gasteiger partial charge is 0.383 e. The molecule has 0 aliphatic carbocycles. The van der Waals surface area contributed by atoms with Crippen molar-refractivity contribution in [2.45, 2.75) is 18.9 Å². The molecule has 2 heterocycles. The quantitative estimate of drug-likeness (QED) is 0.804. The molecule has 6 nitrogen and oxygen atoms in total. The molecule has 2 aromatic rings. The lowest BCUT2D eigenvalue weighted by Gasteiger charge is -2.05. The lowest BCUT2D eigenvalue weighted by atomic mass is 10.2. The van der Waals surface area contributed by atoms with E-state index in [1.165, 1.54) is 0 Å². The molecule has 0 amide bonds. The van der Waals surface area contributed by atoms with Crippen molar-refractivity contribution in [3.05, 3.63) is 41.8 Å². The predicted octanol–water partition coefficient (Wildman–Crippen LogP) is 0.572. The first-order valence-corrected chi connectivity index (χ1v) is 5.73. The summed E-state index contributed by atoms with van der Waals surface area (Å²) in [5.74, 6) is 1.20. The van der Waals surface area contributed by atoms with E-state index in [0.29, 0.717) is 31.2 Å². The predicted molar refractivity (Wildman–Crippen MR) is 64.9 cm³/mol. The number of pyridine rings is 1. The highest BCUT2D eigenvalue weighted by Gasteiger charge is 2.11. The number of hydrogen-bond acceptors (Lipinski definition) is 6. The number of rotatable bonds is 6. The van der Waals surface area contributed by atoms with Gasteiger partial charge in [0.25, 0.3) is 0 Å². The highest BCUT2D eigenvalue weighted by atomic mass is 16.5. The minimum atomic E-state index is -0.121. The van der Waals surface area contributed by atoms with Gasteiger partial charge in [-0.25, -0.2) is 0 Å². The number of methoxy groups -OCH3 is 1. The van der Waals surface area contributed by atoms with E-state index in [4.69, 9.17) is 15.0 Å². The first-order valence-electron chi connectivity index (χ1n) is 5.73. The molecule has 0 saturated carbocycles. The van der Waals surface area contributed by atoms with Crippen molar-refractivity contribution in [1.29, 1.82) is 0 Å². The maximum atomic E-state index is 5.82. The van der Waals surface area contributed by atoms with Gasteiger partial charge >= 0.3 is 0 Å². The van der Waals surface area contributed by atoms with Crippen LogP contribution in [0.4, 0.5) is 0 Å². The molecule has 2 aromatic heterocycles. The minimum Gasteiger partial charge on any atom is -0.383 e. The Morgan fingerprint density at radius 3 is 2.89 bits per heavy atom. The Hall–Kier alpha value is -1.79. The third-order valence-corrected chi connectivity index (χ3v) is 2.44. The summed E-state index contributed by atoms with van der Waals surface area (Å²) in [4.78, 5) is 8.25. The fourth-order valence-electron chi connectivity index (χ4n) is 1.63. The normalized spacial score (nSPS) is 12.6. The highest BCUT2D eigenvalue weighted by Crippen LogP contribution is 2.06. The molecule has 2 rings (SSSR count). The van der Waals surface area contributed by atoms with Crippen LogP contribution in [-0.2, 0) is 17.6 Å². The van der Waals surface area contributed by atoms with Crippen LogP contribution in [0.25, 0.3) is 0 Å². The van der Waals surface area contributed by atoms with Gasteiger partial charge in [-0.2, -0.15) is 4.98 Å². The lowest BCUT2D eigenvalue weighted by Crippen LogP contribution is -2.28. The Bertz CT molecular complexity index is 472. The average molecular weight is 248 g/mol. The highest BCUT2D eigenvalue weighted by molar-refractivity contribution is 5.14. The van der Waals surface area contributed by atoms with Crippen LogP contribution in [0.15, 0.2) is 29.0 Å². The molecule has 1 unspecified atom stereocenters. The van der Waals surface area contributed by atoms with Gasteiger partial charge < -0.3 is 15.0 Å². The number of nitrogens with zero attached hydrogens (tertiary/aromatic N) is 3. The second-order valence-corrected chi connectivity index (χ2v) is 4.06. The second kappa shape index (κ2) is 6.23. The van der Waals surface area contributed by atoms with Crippen molar-refractivity contribution < 1.29 is 9.26 Å². The van der Waals surface area contributed by atoms with Crippen LogP contribution < -0.4 is 5.73 Å². The van der Waals surface area contributed by atoms with Gasteiger partial charge in [0, 0.05) is 38.4 Å². The smallest absolute Gasteiger partial charge is 0.228 e. The van der Waals surface area contributed by atoms with Gasteiger partial charge in [-0.1, -0.05) is 5.16 Å². The Morgan fingerprint density at radius 1 is 1.39 bits per heavy atom. The third-order valence-electron chi connectivity index (χ3n) is 2.44. The summed E-state index contributed by atoms with van der Waals surface area (Å²) >= 11 is 0. The zero-order valence-electron chi connectivity index (χ0n) is 10.2. The lowest BCUT2D eigenvalue weighted by molar-refractivity contribution is 0.176. The number of hydrogen-bond donors (Lipinski definition) is 1. The van der Waals surface area contributed by atoms with Crippen LogP contribution in [0.5, 0.6) is 0 Å². The van der Waals surface area contributed by atoms with Crippen LogP contribution in [0.2, 0.25) is 0 Å². The molecule has 1 atom stereocenters. The van der Waals surface area contributed by atoms with E-state index in [9.17, 15) is 0 Å². The van der Waals surface area contributed by atoms with E-state index in [-0.39, 0.29) is 6.04 Å². The summed E-state index contributed by atoms with van der Waals surface area (Å²) in [6.45, 7) is 0.474. The van der Waals surface area contributed by atoms with Gasteiger partial charge in [0.2, 0.25) is 5.89 Å². The van der Waals surface area contributed by atoms with E-state index in [1.807, 2.05) is 12.1 Å². The Kier molecular flexibility index (Phi) is 4.38. The molecule has 0 aliphatic rings. The molecule has 0 fully saturated rings. The van der Waals surface area contributed by atoms with Crippen LogP contribution in [0.1, 0.15) is 17.3 Å². The van der Waals surface area contributed by atoms with Gasteiger partial charge in [-0.05, 0) is 17.7 Å².